The molecule has 19 heavy (non-hydrogen) atoms. The SMILES string of the molecule is N=C(N)CCN(c1ncnc2ccccc12)C1CC1. The molecule has 1 saturated carbocycles. The summed E-state index contributed by atoms with van der Waals surface area (Å²) in [6, 6.07) is 8.57. The van der Waals surface area contributed by atoms with Crippen molar-refractivity contribution in [3.63, 3.8) is 0 Å². The molecule has 1 aliphatic carbocycles. The number of nitrogens with zero attached hydrogens (tertiary/aromatic N) is 3. The minimum Gasteiger partial charge on any atom is -0.388 e. The summed E-state index contributed by atoms with van der Waals surface area (Å²) in [5, 5.41) is 8.46. The third-order valence-corrected chi connectivity index (χ3v) is 3.40. The quantitative estimate of drug-likeness (QED) is 0.632. The van der Waals surface area contributed by atoms with Crippen molar-refractivity contribution in [2.45, 2.75) is 25.3 Å². The minimum absolute atomic E-state index is 0.226. The molecule has 1 heterocycles. The van der Waals surface area contributed by atoms with Gasteiger partial charge in [-0.3, -0.25) is 5.41 Å². The Bertz CT molecular complexity index is 600. The van der Waals surface area contributed by atoms with Gasteiger partial charge in [-0.15, -0.1) is 0 Å². The number of hydrogen-bond acceptors (Lipinski definition) is 4. The molecule has 0 radical (unpaired) electrons. The molecule has 0 atom stereocenters. The van der Waals surface area contributed by atoms with Crippen LogP contribution in [0.2, 0.25) is 0 Å². The molecular formula is C14H17N5. The van der Waals surface area contributed by atoms with Gasteiger partial charge in [0.25, 0.3) is 0 Å². The first kappa shape index (κ1) is 11.9. The summed E-state index contributed by atoms with van der Waals surface area (Å²) >= 11 is 0. The van der Waals surface area contributed by atoms with Crippen LogP contribution in [0.1, 0.15) is 19.3 Å². The van der Waals surface area contributed by atoms with Crippen LogP contribution >= 0.6 is 0 Å². The van der Waals surface area contributed by atoms with Crippen molar-refractivity contribution in [1.29, 1.82) is 5.41 Å². The second kappa shape index (κ2) is 4.84. The molecule has 1 aromatic carbocycles. The Labute approximate surface area is 112 Å². The van der Waals surface area contributed by atoms with E-state index in [2.05, 4.69) is 14.9 Å². The summed E-state index contributed by atoms with van der Waals surface area (Å²) in [5.74, 6) is 1.19. The zero-order valence-electron chi connectivity index (χ0n) is 10.7. The molecule has 1 aromatic heterocycles. The van der Waals surface area contributed by atoms with Gasteiger partial charge in [-0.1, -0.05) is 12.1 Å². The van der Waals surface area contributed by atoms with Gasteiger partial charge in [0.2, 0.25) is 0 Å². The Morgan fingerprint density at radius 1 is 1.32 bits per heavy atom. The number of amidine groups is 1. The monoisotopic (exact) mass is 255 g/mol. The highest BCUT2D eigenvalue weighted by Gasteiger charge is 2.30. The molecule has 0 amide bonds. The number of hydrogen-bond donors (Lipinski definition) is 2. The summed E-state index contributed by atoms with van der Waals surface area (Å²) in [6.07, 6.45) is 4.57. The van der Waals surface area contributed by atoms with Crippen LogP contribution in [-0.2, 0) is 0 Å². The number of para-hydroxylation sites is 1. The Kier molecular flexibility index (Phi) is 3.03. The fourth-order valence-electron chi connectivity index (χ4n) is 2.31. The lowest BCUT2D eigenvalue weighted by molar-refractivity contribution is 0.784. The van der Waals surface area contributed by atoms with Crippen molar-refractivity contribution in [2.24, 2.45) is 5.73 Å². The maximum Gasteiger partial charge on any atom is 0.140 e. The average molecular weight is 255 g/mol. The van der Waals surface area contributed by atoms with E-state index in [4.69, 9.17) is 11.1 Å². The van der Waals surface area contributed by atoms with Gasteiger partial charge in [0.05, 0.1) is 11.4 Å². The maximum atomic E-state index is 7.39. The Morgan fingerprint density at radius 3 is 2.84 bits per heavy atom. The minimum atomic E-state index is 0.226. The topological polar surface area (TPSA) is 78.9 Å². The molecule has 1 aliphatic rings. The van der Waals surface area contributed by atoms with Crippen LogP contribution in [0, 0.1) is 5.41 Å². The largest absolute Gasteiger partial charge is 0.388 e. The van der Waals surface area contributed by atoms with Crippen LogP contribution in [-0.4, -0.2) is 28.4 Å². The van der Waals surface area contributed by atoms with Crippen LogP contribution in [0.15, 0.2) is 30.6 Å². The second-order valence-corrected chi connectivity index (χ2v) is 4.91. The van der Waals surface area contributed by atoms with E-state index in [-0.39, 0.29) is 5.84 Å². The number of rotatable bonds is 5. The van der Waals surface area contributed by atoms with Gasteiger partial charge >= 0.3 is 0 Å². The lowest BCUT2D eigenvalue weighted by atomic mass is 10.2. The fourth-order valence-corrected chi connectivity index (χ4v) is 2.31. The van der Waals surface area contributed by atoms with Crippen molar-refractivity contribution in [3.8, 4) is 0 Å². The van der Waals surface area contributed by atoms with Gasteiger partial charge in [0.15, 0.2) is 0 Å². The van der Waals surface area contributed by atoms with Crippen LogP contribution < -0.4 is 10.6 Å². The number of anilines is 1. The number of aromatic nitrogens is 2. The Hall–Kier alpha value is -2.17. The highest BCUT2D eigenvalue weighted by atomic mass is 15.2. The zero-order valence-corrected chi connectivity index (χ0v) is 10.7. The number of benzene rings is 1. The summed E-state index contributed by atoms with van der Waals surface area (Å²) in [5.41, 5.74) is 6.44. The van der Waals surface area contributed by atoms with Gasteiger partial charge in [0.1, 0.15) is 12.1 Å². The van der Waals surface area contributed by atoms with E-state index in [9.17, 15) is 0 Å². The van der Waals surface area contributed by atoms with Crippen molar-refractivity contribution < 1.29 is 0 Å². The van der Waals surface area contributed by atoms with Gasteiger partial charge < -0.3 is 10.6 Å². The van der Waals surface area contributed by atoms with Crippen LogP contribution in [0.4, 0.5) is 5.82 Å². The Morgan fingerprint density at radius 2 is 2.11 bits per heavy atom. The maximum absolute atomic E-state index is 7.39. The van der Waals surface area contributed by atoms with E-state index < -0.39 is 0 Å². The lowest BCUT2D eigenvalue weighted by Crippen LogP contribution is -2.30. The first-order valence-corrected chi connectivity index (χ1v) is 6.55. The summed E-state index contributed by atoms with van der Waals surface area (Å²) < 4.78 is 0. The second-order valence-electron chi connectivity index (χ2n) is 4.91. The van der Waals surface area contributed by atoms with E-state index >= 15 is 0 Å². The standard InChI is InChI=1S/C14H17N5/c15-13(16)7-8-19(10-5-6-10)14-11-3-1-2-4-12(11)17-9-18-14/h1-4,9-10H,5-8H2,(H3,15,16). The molecule has 5 nitrogen and oxygen atoms in total. The van der Waals surface area contributed by atoms with E-state index in [1.165, 1.54) is 12.8 Å². The van der Waals surface area contributed by atoms with E-state index in [0.717, 1.165) is 23.3 Å². The zero-order chi connectivity index (χ0) is 13.2. The molecule has 1 fully saturated rings. The van der Waals surface area contributed by atoms with Crippen molar-refractivity contribution in [1.82, 2.24) is 9.97 Å². The Balaban J connectivity index is 1.97. The summed E-state index contributed by atoms with van der Waals surface area (Å²) in [6.45, 7) is 0.751. The molecule has 5 heteroatoms. The first-order valence-electron chi connectivity index (χ1n) is 6.55. The smallest absolute Gasteiger partial charge is 0.140 e. The van der Waals surface area contributed by atoms with Crippen molar-refractivity contribution >= 4 is 22.6 Å². The predicted molar refractivity (Wildman–Crippen MR) is 76.4 cm³/mol. The van der Waals surface area contributed by atoms with Crippen LogP contribution in [0.5, 0.6) is 0 Å². The third kappa shape index (κ3) is 2.50. The van der Waals surface area contributed by atoms with Gasteiger partial charge in [-0.25, -0.2) is 9.97 Å². The highest BCUT2D eigenvalue weighted by molar-refractivity contribution is 5.89. The molecule has 3 N–H and O–H groups in total. The average Bonchev–Trinajstić information content (AvgIpc) is 3.23. The molecular weight excluding hydrogens is 238 g/mol. The first-order chi connectivity index (χ1) is 9.25. The third-order valence-electron chi connectivity index (χ3n) is 3.40. The van der Waals surface area contributed by atoms with E-state index in [1.54, 1.807) is 6.33 Å². The molecule has 0 aliphatic heterocycles. The van der Waals surface area contributed by atoms with Gasteiger partial charge in [-0.2, -0.15) is 0 Å². The number of nitrogens with one attached hydrogen (secondary N) is 1. The van der Waals surface area contributed by atoms with Gasteiger partial charge in [0, 0.05) is 24.4 Å². The van der Waals surface area contributed by atoms with Gasteiger partial charge in [-0.05, 0) is 25.0 Å². The van der Waals surface area contributed by atoms with Crippen LogP contribution in [0.25, 0.3) is 10.9 Å². The predicted octanol–water partition coefficient (Wildman–Crippen LogP) is 1.92. The summed E-state index contributed by atoms with van der Waals surface area (Å²) in [4.78, 5) is 11.0. The normalized spacial score (nSPS) is 14.5. The number of fused-ring (bicyclic) bond motifs is 1. The van der Waals surface area contributed by atoms with Crippen LogP contribution in [0.3, 0.4) is 0 Å². The molecule has 0 unspecified atom stereocenters. The molecule has 2 aromatic rings. The molecule has 0 spiro atoms. The van der Waals surface area contributed by atoms with Crippen molar-refractivity contribution in [3.05, 3.63) is 30.6 Å². The molecule has 0 bridgehead atoms. The highest BCUT2D eigenvalue weighted by Crippen LogP contribution is 2.33. The molecule has 0 saturated heterocycles. The van der Waals surface area contributed by atoms with E-state index in [0.29, 0.717) is 12.5 Å². The molecule has 3 rings (SSSR count). The van der Waals surface area contributed by atoms with E-state index in [1.807, 2.05) is 24.3 Å². The fraction of sp³-hybridized carbons (Fsp3) is 0.357. The van der Waals surface area contributed by atoms with Crippen molar-refractivity contribution in [2.75, 3.05) is 11.4 Å². The lowest BCUT2D eigenvalue weighted by Gasteiger charge is -2.24. The summed E-state index contributed by atoms with van der Waals surface area (Å²) in [7, 11) is 0. The molecule has 98 valence electrons. The number of nitrogens with two attached hydrogens (primary N) is 1.